The highest BCUT2D eigenvalue weighted by molar-refractivity contribution is 6.33. The van der Waals surface area contributed by atoms with Gasteiger partial charge in [0.05, 0.1) is 23.4 Å². The predicted molar refractivity (Wildman–Crippen MR) is 105 cm³/mol. The van der Waals surface area contributed by atoms with E-state index in [9.17, 15) is 9.18 Å². The van der Waals surface area contributed by atoms with Gasteiger partial charge in [-0.05, 0) is 36.6 Å². The first-order chi connectivity index (χ1) is 13.0. The van der Waals surface area contributed by atoms with Crippen molar-refractivity contribution in [3.05, 3.63) is 58.4 Å². The number of benzene rings is 2. The summed E-state index contributed by atoms with van der Waals surface area (Å²) in [4.78, 5) is 14.9. The number of nitrogens with zero attached hydrogens (tertiary/aromatic N) is 1. The van der Waals surface area contributed by atoms with Crippen LogP contribution >= 0.6 is 11.6 Å². The number of hydrogen-bond acceptors (Lipinski definition) is 4. The Labute approximate surface area is 163 Å². The molecule has 0 bridgehead atoms. The molecule has 1 aliphatic rings. The molecular weight excluding hydrogens is 368 g/mol. The Bertz CT molecular complexity index is 806. The van der Waals surface area contributed by atoms with Crippen LogP contribution in [0, 0.1) is 5.82 Å². The normalized spacial score (nSPS) is 15.5. The van der Waals surface area contributed by atoms with Gasteiger partial charge in [-0.1, -0.05) is 23.7 Å². The quantitative estimate of drug-likeness (QED) is 0.767. The molecule has 27 heavy (non-hydrogen) atoms. The third kappa shape index (κ3) is 4.90. The standard InChI is InChI=1S/C20H23ClFN3O2/c1-27-19-11-18(23)17(21)10-16(19)20(26)24-15-6-8-25(9-7-15)12-13-2-4-14(22)5-3-13/h2-5,10-11,15H,6-9,12,23H2,1H3,(H,24,26)/i22-1. The maximum absolute atomic E-state index is 13.0. The van der Waals surface area contributed by atoms with E-state index in [1.54, 1.807) is 18.2 Å². The first-order valence-corrected chi connectivity index (χ1v) is 9.24. The number of piperidine rings is 1. The number of likely N-dealkylation sites (tertiary alicyclic amines) is 1. The van der Waals surface area contributed by atoms with Crippen LogP contribution in [-0.2, 0) is 6.54 Å². The average Bonchev–Trinajstić information content (AvgIpc) is 2.67. The highest BCUT2D eigenvalue weighted by Gasteiger charge is 2.23. The molecule has 144 valence electrons. The lowest BCUT2D eigenvalue weighted by Crippen LogP contribution is -2.44. The van der Waals surface area contributed by atoms with E-state index in [1.807, 2.05) is 0 Å². The molecule has 5 nitrogen and oxygen atoms in total. The molecule has 1 saturated heterocycles. The first-order valence-electron chi connectivity index (χ1n) is 8.87. The number of nitrogens with one attached hydrogen (secondary N) is 1. The first kappa shape index (κ1) is 19.5. The zero-order chi connectivity index (χ0) is 19.4. The summed E-state index contributed by atoms with van der Waals surface area (Å²) in [6.45, 7) is 2.51. The van der Waals surface area contributed by atoms with E-state index in [-0.39, 0.29) is 17.8 Å². The van der Waals surface area contributed by atoms with E-state index < -0.39 is 0 Å². The number of ether oxygens (including phenoxy) is 1. The van der Waals surface area contributed by atoms with Gasteiger partial charge in [0.15, 0.2) is 0 Å². The van der Waals surface area contributed by atoms with E-state index in [4.69, 9.17) is 22.1 Å². The zero-order valence-corrected chi connectivity index (χ0v) is 15.9. The van der Waals surface area contributed by atoms with Crippen molar-refractivity contribution in [2.45, 2.75) is 25.4 Å². The Morgan fingerprint density at radius 1 is 1.30 bits per heavy atom. The molecule has 1 heterocycles. The number of amides is 1. The van der Waals surface area contributed by atoms with Gasteiger partial charge in [-0.2, -0.15) is 0 Å². The molecular formula is C20H23ClFN3O2. The number of hydrogen-bond donors (Lipinski definition) is 2. The van der Waals surface area contributed by atoms with Crippen molar-refractivity contribution in [3.8, 4) is 5.75 Å². The van der Waals surface area contributed by atoms with E-state index in [1.165, 1.54) is 25.3 Å². The minimum atomic E-state index is -0.224. The fourth-order valence-corrected chi connectivity index (χ4v) is 3.43. The lowest BCUT2D eigenvalue weighted by molar-refractivity contribution is 0.0906. The average molecular weight is 391 g/mol. The summed E-state index contributed by atoms with van der Waals surface area (Å²) in [6, 6.07) is 9.75. The number of nitrogens with two attached hydrogens (primary N) is 1. The van der Waals surface area contributed by atoms with E-state index in [2.05, 4.69) is 10.2 Å². The smallest absolute Gasteiger partial charge is 0.255 e. The summed E-state index contributed by atoms with van der Waals surface area (Å²) >= 11 is 6.04. The number of methoxy groups -OCH3 is 1. The van der Waals surface area contributed by atoms with Gasteiger partial charge in [-0.25, -0.2) is 4.39 Å². The molecule has 7 heteroatoms. The van der Waals surface area contributed by atoms with Crippen molar-refractivity contribution in [2.75, 3.05) is 25.9 Å². The number of rotatable bonds is 5. The molecule has 0 atom stereocenters. The van der Waals surface area contributed by atoms with Gasteiger partial charge >= 0.3 is 0 Å². The Hall–Kier alpha value is -2.31. The maximum Gasteiger partial charge on any atom is 0.255 e. The lowest BCUT2D eigenvalue weighted by Gasteiger charge is -2.32. The highest BCUT2D eigenvalue weighted by atomic mass is 35.5. The van der Waals surface area contributed by atoms with Gasteiger partial charge in [0.1, 0.15) is 11.6 Å². The third-order valence-corrected chi connectivity index (χ3v) is 5.13. The number of carbonyl (C=O) groups excluding carboxylic acids is 1. The van der Waals surface area contributed by atoms with Gasteiger partial charge in [-0.15, -0.1) is 0 Å². The predicted octanol–water partition coefficient (Wildman–Crippen LogP) is 3.46. The summed E-state index contributed by atoms with van der Waals surface area (Å²) < 4.78 is 18.2. The second kappa shape index (κ2) is 8.59. The molecule has 2 aromatic carbocycles. The van der Waals surface area contributed by atoms with Crippen LogP contribution in [-0.4, -0.2) is 37.0 Å². The molecule has 0 radical (unpaired) electrons. The number of halogens is 2. The molecule has 0 aromatic heterocycles. The number of nitrogen functional groups attached to an aromatic ring is 1. The molecule has 0 aliphatic carbocycles. The van der Waals surface area contributed by atoms with Crippen LogP contribution in [0.5, 0.6) is 5.75 Å². The van der Waals surface area contributed by atoms with Crippen LogP contribution in [0.1, 0.15) is 28.8 Å². The van der Waals surface area contributed by atoms with Gasteiger partial charge < -0.3 is 15.8 Å². The summed E-state index contributed by atoms with van der Waals surface area (Å²) in [6.07, 6.45) is 1.69. The largest absolute Gasteiger partial charge is 0.496 e. The molecule has 0 unspecified atom stereocenters. The molecule has 1 amide bonds. The highest BCUT2D eigenvalue weighted by Crippen LogP contribution is 2.29. The van der Waals surface area contributed by atoms with Crippen LogP contribution in [0.15, 0.2) is 36.4 Å². The third-order valence-electron chi connectivity index (χ3n) is 4.81. The SMILES string of the molecule is COc1cc(N)c(Cl)cc1C(=O)NC1CCN(Cc2ccc([18F])cc2)CC1. The van der Waals surface area contributed by atoms with Crippen LogP contribution < -0.4 is 15.8 Å². The van der Waals surface area contributed by atoms with Crippen molar-refractivity contribution in [3.63, 3.8) is 0 Å². The lowest BCUT2D eigenvalue weighted by atomic mass is 10.0. The summed E-state index contributed by atoms with van der Waals surface area (Å²) in [5.74, 6) is -0.0350. The van der Waals surface area contributed by atoms with Crippen LogP contribution in [0.3, 0.4) is 0 Å². The maximum atomic E-state index is 13.0. The minimum absolute atomic E-state index is 0.0861. The van der Waals surface area contributed by atoms with Gasteiger partial charge in [-0.3, -0.25) is 9.69 Å². The molecule has 3 rings (SSSR count). The number of anilines is 1. The summed E-state index contributed by atoms with van der Waals surface area (Å²) in [5.41, 5.74) is 7.60. The Morgan fingerprint density at radius 2 is 1.96 bits per heavy atom. The van der Waals surface area contributed by atoms with E-state index in [0.717, 1.165) is 38.0 Å². The molecule has 3 N–H and O–H groups in total. The molecule has 1 fully saturated rings. The second-order valence-corrected chi connectivity index (χ2v) is 7.13. The summed E-state index contributed by atoms with van der Waals surface area (Å²) in [7, 11) is 1.49. The Kier molecular flexibility index (Phi) is 6.19. The zero-order valence-electron chi connectivity index (χ0n) is 15.2. The van der Waals surface area contributed by atoms with Gasteiger partial charge in [0.25, 0.3) is 5.91 Å². The summed E-state index contributed by atoms with van der Waals surface area (Å²) in [5, 5.41) is 3.38. The monoisotopic (exact) mass is 390 g/mol. The van der Waals surface area contributed by atoms with Gasteiger partial charge in [0.2, 0.25) is 0 Å². The van der Waals surface area contributed by atoms with Crippen molar-refractivity contribution in [1.29, 1.82) is 0 Å². The van der Waals surface area contributed by atoms with Crippen molar-refractivity contribution in [1.82, 2.24) is 10.2 Å². The topological polar surface area (TPSA) is 67.6 Å². The van der Waals surface area contributed by atoms with Gasteiger partial charge in [0, 0.05) is 31.7 Å². The molecule has 0 spiro atoms. The molecule has 0 saturated carbocycles. The fraction of sp³-hybridized carbons (Fsp3) is 0.350. The fourth-order valence-electron chi connectivity index (χ4n) is 3.26. The minimum Gasteiger partial charge on any atom is -0.496 e. The van der Waals surface area contributed by atoms with Crippen molar-refractivity contribution >= 4 is 23.2 Å². The Balaban J connectivity index is 1.55. The van der Waals surface area contributed by atoms with Crippen molar-refractivity contribution in [2.24, 2.45) is 0 Å². The van der Waals surface area contributed by atoms with Crippen molar-refractivity contribution < 1.29 is 13.9 Å². The van der Waals surface area contributed by atoms with Crippen LogP contribution in [0.4, 0.5) is 10.1 Å². The van der Waals surface area contributed by atoms with E-state index in [0.29, 0.717) is 22.0 Å². The number of carbonyl (C=O) groups is 1. The van der Waals surface area contributed by atoms with Crippen LogP contribution in [0.25, 0.3) is 0 Å². The second-order valence-electron chi connectivity index (χ2n) is 6.72. The Morgan fingerprint density at radius 3 is 2.59 bits per heavy atom. The molecule has 1 aliphatic heterocycles. The van der Waals surface area contributed by atoms with Crippen LogP contribution in [0.2, 0.25) is 5.02 Å². The van der Waals surface area contributed by atoms with E-state index >= 15 is 0 Å². The molecule has 2 aromatic rings.